The zero-order chi connectivity index (χ0) is 11.5. The van der Waals surface area contributed by atoms with Crippen molar-refractivity contribution in [3.8, 4) is 5.75 Å². The van der Waals surface area contributed by atoms with Crippen molar-refractivity contribution in [1.29, 1.82) is 0 Å². The Balaban J connectivity index is 1.91. The number of benzene rings is 1. The summed E-state index contributed by atoms with van der Waals surface area (Å²) < 4.78 is 40.9. The van der Waals surface area contributed by atoms with Gasteiger partial charge in [-0.1, -0.05) is 0 Å². The van der Waals surface area contributed by atoms with Gasteiger partial charge in [0.25, 0.3) is 0 Å². The monoisotopic (exact) mass is 231 g/mol. The summed E-state index contributed by atoms with van der Waals surface area (Å²) in [5, 5.41) is 2.99. The molecule has 16 heavy (non-hydrogen) atoms. The summed E-state index contributed by atoms with van der Waals surface area (Å²) in [6, 6.07) is 5.91. The molecule has 1 aromatic rings. The SMILES string of the molecule is FC(F)Oc1ccc(NC2CCC2F)cc1. The molecule has 0 spiro atoms. The second-order valence-electron chi connectivity index (χ2n) is 3.75. The van der Waals surface area contributed by atoms with E-state index in [1.807, 2.05) is 0 Å². The average Bonchev–Trinajstić information content (AvgIpc) is 2.25. The van der Waals surface area contributed by atoms with Gasteiger partial charge in [-0.2, -0.15) is 8.78 Å². The molecule has 0 heterocycles. The van der Waals surface area contributed by atoms with E-state index < -0.39 is 12.8 Å². The smallest absolute Gasteiger partial charge is 0.387 e. The first kappa shape index (κ1) is 11.1. The molecule has 2 atom stereocenters. The number of hydrogen-bond donors (Lipinski definition) is 1. The predicted octanol–water partition coefficient (Wildman–Crippen LogP) is 3.20. The van der Waals surface area contributed by atoms with E-state index in [-0.39, 0.29) is 11.8 Å². The molecule has 5 heteroatoms. The van der Waals surface area contributed by atoms with Crippen molar-refractivity contribution in [2.75, 3.05) is 5.32 Å². The van der Waals surface area contributed by atoms with Crippen molar-refractivity contribution in [1.82, 2.24) is 0 Å². The van der Waals surface area contributed by atoms with E-state index in [0.717, 1.165) is 6.42 Å². The molecule has 0 aliphatic heterocycles. The van der Waals surface area contributed by atoms with Crippen molar-refractivity contribution < 1.29 is 17.9 Å². The van der Waals surface area contributed by atoms with E-state index in [0.29, 0.717) is 12.1 Å². The number of rotatable bonds is 4. The molecule has 2 unspecified atom stereocenters. The van der Waals surface area contributed by atoms with Gasteiger partial charge in [0.2, 0.25) is 0 Å². The Labute approximate surface area is 91.4 Å². The zero-order valence-electron chi connectivity index (χ0n) is 8.50. The maximum Gasteiger partial charge on any atom is 0.387 e. The highest BCUT2D eigenvalue weighted by atomic mass is 19.3. The van der Waals surface area contributed by atoms with Crippen LogP contribution in [-0.2, 0) is 0 Å². The normalized spacial score (nSPS) is 24.0. The highest BCUT2D eigenvalue weighted by molar-refractivity contribution is 5.47. The summed E-state index contributed by atoms with van der Waals surface area (Å²) in [6.45, 7) is -2.82. The van der Waals surface area contributed by atoms with Crippen LogP contribution in [0.2, 0.25) is 0 Å². The summed E-state index contributed by atoms with van der Waals surface area (Å²) in [4.78, 5) is 0. The number of hydrogen-bond acceptors (Lipinski definition) is 2. The minimum absolute atomic E-state index is 0.103. The number of ether oxygens (including phenoxy) is 1. The fraction of sp³-hybridized carbons (Fsp3) is 0.455. The van der Waals surface area contributed by atoms with Crippen molar-refractivity contribution in [2.24, 2.45) is 0 Å². The molecule has 88 valence electrons. The summed E-state index contributed by atoms with van der Waals surface area (Å²) >= 11 is 0. The molecular formula is C11H12F3NO. The maximum absolute atomic E-state index is 12.9. The van der Waals surface area contributed by atoms with Gasteiger partial charge in [0.15, 0.2) is 0 Å². The molecule has 2 nitrogen and oxygen atoms in total. The van der Waals surface area contributed by atoms with Crippen LogP contribution in [0.25, 0.3) is 0 Å². The lowest BCUT2D eigenvalue weighted by Crippen LogP contribution is -2.39. The van der Waals surface area contributed by atoms with Crippen LogP contribution in [0, 0.1) is 0 Å². The van der Waals surface area contributed by atoms with Gasteiger partial charge in [0.05, 0.1) is 6.04 Å². The largest absolute Gasteiger partial charge is 0.435 e. The van der Waals surface area contributed by atoms with Crippen molar-refractivity contribution in [3.05, 3.63) is 24.3 Å². The molecule has 1 N–H and O–H groups in total. The highest BCUT2D eigenvalue weighted by Gasteiger charge is 2.30. The first-order valence-electron chi connectivity index (χ1n) is 5.10. The molecule has 0 saturated heterocycles. The molecule has 1 aliphatic carbocycles. The van der Waals surface area contributed by atoms with E-state index in [4.69, 9.17) is 0 Å². The topological polar surface area (TPSA) is 21.3 Å². The fourth-order valence-electron chi connectivity index (χ4n) is 1.57. The molecule has 1 aromatic carbocycles. The van der Waals surface area contributed by atoms with Gasteiger partial charge < -0.3 is 10.1 Å². The Morgan fingerprint density at radius 1 is 1.19 bits per heavy atom. The quantitative estimate of drug-likeness (QED) is 0.859. The Bertz CT molecular complexity index is 342. The summed E-state index contributed by atoms with van der Waals surface area (Å²) in [7, 11) is 0. The van der Waals surface area contributed by atoms with Gasteiger partial charge >= 0.3 is 6.61 Å². The van der Waals surface area contributed by atoms with Gasteiger partial charge in [-0.15, -0.1) is 0 Å². The van der Waals surface area contributed by atoms with E-state index in [1.54, 1.807) is 12.1 Å². The van der Waals surface area contributed by atoms with Gasteiger partial charge in [-0.05, 0) is 37.1 Å². The first-order valence-corrected chi connectivity index (χ1v) is 5.10. The van der Waals surface area contributed by atoms with Crippen LogP contribution < -0.4 is 10.1 Å². The van der Waals surface area contributed by atoms with Crippen LogP contribution in [0.3, 0.4) is 0 Å². The van der Waals surface area contributed by atoms with Crippen molar-refractivity contribution >= 4 is 5.69 Å². The van der Waals surface area contributed by atoms with Crippen molar-refractivity contribution in [2.45, 2.75) is 31.7 Å². The third-order valence-electron chi connectivity index (χ3n) is 2.62. The van der Waals surface area contributed by atoms with Crippen LogP contribution >= 0.6 is 0 Å². The van der Waals surface area contributed by atoms with Crippen LogP contribution in [-0.4, -0.2) is 18.8 Å². The van der Waals surface area contributed by atoms with Crippen LogP contribution in [0.5, 0.6) is 5.75 Å². The zero-order valence-corrected chi connectivity index (χ0v) is 8.50. The van der Waals surface area contributed by atoms with Gasteiger partial charge in [0.1, 0.15) is 11.9 Å². The number of anilines is 1. The van der Waals surface area contributed by atoms with E-state index in [2.05, 4.69) is 10.1 Å². The summed E-state index contributed by atoms with van der Waals surface area (Å²) in [5.74, 6) is 0.103. The minimum Gasteiger partial charge on any atom is -0.435 e. The van der Waals surface area contributed by atoms with Crippen molar-refractivity contribution in [3.63, 3.8) is 0 Å². The molecule has 0 radical (unpaired) electrons. The number of nitrogens with one attached hydrogen (secondary N) is 1. The third-order valence-corrected chi connectivity index (χ3v) is 2.62. The second-order valence-corrected chi connectivity index (χ2v) is 3.75. The molecule has 2 rings (SSSR count). The Morgan fingerprint density at radius 3 is 2.31 bits per heavy atom. The highest BCUT2D eigenvalue weighted by Crippen LogP contribution is 2.27. The summed E-state index contributed by atoms with van der Waals surface area (Å²) in [5.41, 5.74) is 0.717. The Hall–Kier alpha value is -1.39. The Kier molecular flexibility index (Phi) is 3.22. The van der Waals surface area contributed by atoms with Gasteiger partial charge in [-0.3, -0.25) is 0 Å². The lowest BCUT2D eigenvalue weighted by Gasteiger charge is -2.31. The van der Waals surface area contributed by atoms with Crippen LogP contribution in [0.1, 0.15) is 12.8 Å². The van der Waals surface area contributed by atoms with Crippen LogP contribution in [0.15, 0.2) is 24.3 Å². The lowest BCUT2D eigenvalue weighted by atomic mass is 9.90. The molecule has 1 aliphatic rings. The standard InChI is InChI=1S/C11H12F3NO/c12-9-5-6-10(9)15-7-1-3-8(4-2-7)16-11(13)14/h1-4,9-11,15H,5-6H2. The maximum atomic E-state index is 12.9. The third kappa shape index (κ3) is 2.59. The molecular weight excluding hydrogens is 219 g/mol. The molecule has 0 aromatic heterocycles. The summed E-state index contributed by atoms with van der Waals surface area (Å²) in [6.07, 6.45) is 0.581. The molecule has 1 fully saturated rings. The van der Waals surface area contributed by atoms with Gasteiger partial charge in [0, 0.05) is 5.69 Å². The fourth-order valence-corrected chi connectivity index (χ4v) is 1.57. The lowest BCUT2D eigenvalue weighted by molar-refractivity contribution is -0.0498. The Morgan fingerprint density at radius 2 is 1.88 bits per heavy atom. The van der Waals surface area contributed by atoms with Crippen LogP contribution in [0.4, 0.5) is 18.9 Å². The first-order chi connectivity index (χ1) is 7.65. The van der Waals surface area contributed by atoms with E-state index in [1.165, 1.54) is 12.1 Å². The second kappa shape index (κ2) is 4.63. The van der Waals surface area contributed by atoms with Gasteiger partial charge in [-0.25, -0.2) is 4.39 Å². The average molecular weight is 231 g/mol. The molecule has 0 amide bonds. The predicted molar refractivity (Wildman–Crippen MR) is 54.6 cm³/mol. The van der Waals surface area contributed by atoms with E-state index >= 15 is 0 Å². The number of alkyl halides is 3. The minimum atomic E-state index is -2.82. The molecule has 1 saturated carbocycles. The molecule has 0 bridgehead atoms. The number of halogens is 3. The van der Waals surface area contributed by atoms with E-state index in [9.17, 15) is 13.2 Å².